The highest BCUT2D eigenvalue weighted by molar-refractivity contribution is 5.82. The van der Waals surface area contributed by atoms with Gasteiger partial charge in [0.2, 0.25) is 0 Å². The third-order valence-electron chi connectivity index (χ3n) is 6.24. The average molecular weight is 368 g/mol. The van der Waals surface area contributed by atoms with Crippen molar-refractivity contribution in [3.05, 3.63) is 47.6 Å². The predicted molar refractivity (Wildman–Crippen MR) is 110 cm³/mol. The zero-order chi connectivity index (χ0) is 18.6. The Morgan fingerprint density at radius 1 is 1.19 bits per heavy atom. The Balaban J connectivity index is 1.37. The van der Waals surface area contributed by atoms with E-state index in [9.17, 15) is 4.39 Å². The van der Waals surface area contributed by atoms with Crippen molar-refractivity contribution in [2.75, 3.05) is 13.1 Å². The maximum Gasteiger partial charge on any atom is 0.158 e. The van der Waals surface area contributed by atoms with Crippen molar-refractivity contribution >= 4 is 16.6 Å². The number of hydrogen-bond donors (Lipinski definition) is 2. The molecule has 0 amide bonds. The summed E-state index contributed by atoms with van der Waals surface area (Å²) in [5, 5.41) is 3.62. The van der Waals surface area contributed by atoms with Gasteiger partial charge in [0.15, 0.2) is 5.82 Å². The van der Waals surface area contributed by atoms with E-state index in [1.165, 1.54) is 44.1 Å². The number of imidazole rings is 1. The number of rotatable bonds is 6. The number of hydrogen-bond acceptors (Lipinski definition) is 2. The summed E-state index contributed by atoms with van der Waals surface area (Å²) in [6.07, 6.45) is 15.2. The molecule has 4 rings (SSSR count). The Hall–Kier alpha value is -1.94. The molecular weight excluding hydrogens is 337 g/mol. The summed E-state index contributed by atoms with van der Waals surface area (Å²) >= 11 is 0. The molecular formula is C23H30FN3. The van der Waals surface area contributed by atoms with E-state index in [0.717, 1.165) is 36.5 Å². The van der Waals surface area contributed by atoms with E-state index in [0.29, 0.717) is 17.0 Å². The van der Waals surface area contributed by atoms with Gasteiger partial charge in [0, 0.05) is 12.1 Å². The highest BCUT2D eigenvalue weighted by atomic mass is 19.1. The van der Waals surface area contributed by atoms with Gasteiger partial charge in [-0.1, -0.05) is 56.8 Å². The van der Waals surface area contributed by atoms with E-state index in [1.807, 2.05) is 12.1 Å². The molecule has 1 heterocycles. The van der Waals surface area contributed by atoms with Crippen LogP contribution in [0, 0.1) is 17.7 Å². The van der Waals surface area contributed by atoms with Gasteiger partial charge in [-0.25, -0.2) is 9.37 Å². The maximum atomic E-state index is 14.8. The third-order valence-corrected chi connectivity index (χ3v) is 6.24. The highest BCUT2D eigenvalue weighted by Gasteiger charge is 2.21. The zero-order valence-corrected chi connectivity index (χ0v) is 16.2. The minimum absolute atomic E-state index is 0.214. The van der Waals surface area contributed by atoms with Crippen LogP contribution in [0.15, 0.2) is 36.2 Å². The second-order valence-electron chi connectivity index (χ2n) is 8.25. The summed E-state index contributed by atoms with van der Waals surface area (Å²) in [5.74, 6) is 1.03. The van der Waals surface area contributed by atoms with Crippen molar-refractivity contribution < 1.29 is 4.39 Å². The van der Waals surface area contributed by atoms with E-state index in [4.69, 9.17) is 0 Å². The second-order valence-corrected chi connectivity index (χ2v) is 8.25. The molecule has 1 fully saturated rings. The standard InChI is InChI=1S/C23H30FN3/c1-16-13-18(14-25-12-11-17-5-3-2-4-6-17)7-8-19(16)20-9-10-21-23(22(20)24)27-15-26-21/h7-10,15-17,25H,2-6,11-14H2,1H3,(H,26,27). The molecule has 144 valence electrons. The lowest BCUT2D eigenvalue weighted by atomic mass is 9.84. The molecule has 0 bridgehead atoms. The average Bonchev–Trinajstić information content (AvgIpc) is 3.17. The van der Waals surface area contributed by atoms with Gasteiger partial charge < -0.3 is 10.3 Å². The van der Waals surface area contributed by atoms with Crippen molar-refractivity contribution in [1.29, 1.82) is 0 Å². The summed E-state index contributed by atoms with van der Waals surface area (Å²) in [6.45, 7) is 4.24. The van der Waals surface area contributed by atoms with Crippen LogP contribution in [0.3, 0.4) is 0 Å². The number of H-pyrrole nitrogens is 1. The lowest BCUT2D eigenvalue weighted by molar-refractivity contribution is 0.335. The fourth-order valence-electron chi connectivity index (χ4n) is 4.66. The molecule has 2 aromatic rings. The van der Waals surface area contributed by atoms with E-state index in [1.54, 1.807) is 6.33 Å². The SMILES string of the molecule is CC1CC(CNCCC2CCCCC2)=CC=C1c1ccc2[nH]cnc2c1F. The van der Waals surface area contributed by atoms with Gasteiger partial charge in [0.25, 0.3) is 0 Å². The largest absolute Gasteiger partial charge is 0.345 e. The van der Waals surface area contributed by atoms with Gasteiger partial charge in [-0.2, -0.15) is 0 Å². The van der Waals surface area contributed by atoms with Crippen LogP contribution >= 0.6 is 0 Å². The van der Waals surface area contributed by atoms with Gasteiger partial charge in [-0.3, -0.25) is 0 Å². The first-order chi connectivity index (χ1) is 13.2. The Morgan fingerprint density at radius 2 is 2.04 bits per heavy atom. The first-order valence-electron chi connectivity index (χ1n) is 10.4. The number of nitrogens with zero attached hydrogens (tertiary/aromatic N) is 1. The first kappa shape index (κ1) is 18.4. The number of benzene rings is 1. The van der Waals surface area contributed by atoms with Gasteiger partial charge in [0.1, 0.15) is 5.52 Å². The molecule has 4 heteroatoms. The van der Waals surface area contributed by atoms with E-state index in [-0.39, 0.29) is 5.82 Å². The molecule has 0 aliphatic heterocycles. The maximum absolute atomic E-state index is 14.8. The van der Waals surface area contributed by atoms with Crippen LogP contribution in [-0.4, -0.2) is 23.1 Å². The van der Waals surface area contributed by atoms with E-state index in [2.05, 4.69) is 34.4 Å². The molecule has 1 unspecified atom stereocenters. The summed E-state index contributed by atoms with van der Waals surface area (Å²) < 4.78 is 14.8. The minimum atomic E-state index is -0.214. The quantitative estimate of drug-likeness (QED) is 0.651. The lowest BCUT2D eigenvalue weighted by Crippen LogP contribution is -2.23. The normalized spacial score (nSPS) is 21.3. The summed E-state index contributed by atoms with van der Waals surface area (Å²) in [5.41, 5.74) is 4.35. The number of aromatic amines is 1. The van der Waals surface area contributed by atoms with Crippen molar-refractivity contribution in [1.82, 2.24) is 15.3 Å². The van der Waals surface area contributed by atoms with Crippen LogP contribution < -0.4 is 5.32 Å². The van der Waals surface area contributed by atoms with Crippen molar-refractivity contribution in [2.24, 2.45) is 11.8 Å². The molecule has 1 aromatic carbocycles. The van der Waals surface area contributed by atoms with Crippen LogP contribution in [0.5, 0.6) is 0 Å². The van der Waals surface area contributed by atoms with Crippen molar-refractivity contribution in [3.63, 3.8) is 0 Å². The molecule has 1 atom stereocenters. The molecule has 0 spiro atoms. The summed E-state index contributed by atoms with van der Waals surface area (Å²) in [7, 11) is 0. The molecule has 1 saturated carbocycles. The molecule has 2 aliphatic carbocycles. The Bertz CT molecular complexity index is 842. The van der Waals surface area contributed by atoms with E-state index >= 15 is 0 Å². The van der Waals surface area contributed by atoms with Crippen molar-refractivity contribution in [2.45, 2.75) is 51.9 Å². The number of halogens is 1. The summed E-state index contributed by atoms with van der Waals surface area (Å²) in [6, 6.07) is 3.79. The number of aromatic nitrogens is 2. The van der Waals surface area contributed by atoms with E-state index < -0.39 is 0 Å². The van der Waals surface area contributed by atoms with Crippen molar-refractivity contribution in [3.8, 4) is 0 Å². The fraction of sp³-hybridized carbons (Fsp3) is 0.522. The number of allylic oxidation sites excluding steroid dienone is 3. The zero-order valence-electron chi connectivity index (χ0n) is 16.2. The van der Waals surface area contributed by atoms with Gasteiger partial charge >= 0.3 is 0 Å². The predicted octanol–water partition coefficient (Wildman–Crippen LogP) is 5.61. The van der Waals surface area contributed by atoms with Crippen LogP contribution in [0.25, 0.3) is 16.6 Å². The molecule has 0 saturated heterocycles. The minimum Gasteiger partial charge on any atom is -0.345 e. The molecule has 3 nitrogen and oxygen atoms in total. The molecule has 2 N–H and O–H groups in total. The number of nitrogens with one attached hydrogen (secondary N) is 2. The third kappa shape index (κ3) is 4.16. The monoisotopic (exact) mass is 367 g/mol. The van der Waals surface area contributed by atoms with Gasteiger partial charge in [-0.15, -0.1) is 0 Å². The number of fused-ring (bicyclic) bond motifs is 1. The van der Waals surface area contributed by atoms with Crippen LogP contribution in [0.2, 0.25) is 0 Å². The molecule has 2 aliphatic rings. The Kier molecular flexibility index (Phi) is 5.72. The highest BCUT2D eigenvalue weighted by Crippen LogP contribution is 2.35. The van der Waals surface area contributed by atoms with Crippen LogP contribution in [-0.2, 0) is 0 Å². The molecule has 0 radical (unpaired) electrons. The van der Waals surface area contributed by atoms with Crippen LogP contribution in [0.1, 0.15) is 57.4 Å². The first-order valence-corrected chi connectivity index (χ1v) is 10.4. The molecule has 1 aromatic heterocycles. The fourth-order valence-corrected chi connectivity index (χ4v) is 4.66. The summed E-state index contributed by atoms with van der Waals surface area (Å²) in [4.78, 5) is 7.09. The van der Waals surface area contributed by atoms with Crippen LogP contribution in [0.4, 0.5) is 4.39 Å². The Morgan fingerprint density at radius 3 is 2.85 bits per heavy atom. The topological polar surface area (TPSA) is 40.7 Å². The Labute approximate surface area is 161 Å². The lowest BCUT2D eigenvalue weighted by Gasteiger charge is -2.24. The molecule has 27 heavy (non-hydrogen) atoms. The van der Waals surface area contributed by atoms with Gasteiger partial charge in [0.05, 0.1) is 11.8 Å². The smallest absolute Gasteiger partial charge is 0.158 e. The second kappa shape index (κ2) is 8.39. The van der Waals surface area contributed by atoms with Gasteiger partial charge in [-0.05, 0) is 48.9 Å².